The molecule has 0 aliphatic heterocycles. The summed E-state index contributed by atoms with van der Waals surface area (Å²) < 4.78 is 1.59. The molecule has 2 aromatic carbocycles. The fourth-order valence-corrected chi connectivity index (χ4v) is 3.67. The van der Waals surface area contributed by atoms with E-state index in [0.717, 1.165) is 10.6 Å². The molecule has 5 nitrogen and oxygen atoms in total. The molecule has 0 atom stereocenters. The minimum Gasteiger partial charge on any atom is -0.295 e. The number of nitrogens with zero attached hydrogens (tertiary/aromatic N) is 3. The maximum absolute atomic E-state index is 13.2. The van der Waals surface area contributed by atoms with Gasteiger partial charge < -0.3 is 0 Å². The van der Waals surface area contributed by atoms with E-state index in [9.17, 15) is 9.59 Å². The van der Waals surface area contributed by atoms with Crippen LogP contribution in [0.4, 0.5) is 0 Å². The van der Waals surface area contributed by atoms with Gasteiger partial charge in [-0.05, 0) is 50.2 Å². The van der Waals surface area contributed by atoms with Crippen molar-refractivity contribution < 1.29 is 4.79 Å². The Hall–Kier alpha value is -3.12. The van der Waals surface area contributed by atoms with Crippen molar-refractivity contribution in [3.63, 3.8) is 0 Å². The zero-order chi connectivity index (χ0) is 18.3. The third kappa shape index (κ3) is 2.64. The number of para-hydroxylation sites is 1. The number of carbonyl (C=O) groups excluding carboxylic acids is 1. The van der Waals surface area contributed by atoms with Crippen molar-refractivity contribution in [2.45, 2.75) is 13.8 Å². The van der Waals surface area contributed by atoms with Crippen molar-refractivity contribution >= 4 is 28.0 Å². The first-order valence-corrected chi connectivity index (χ1v) is 8.98. The summed E-state index contributed by atoms with van der Waals surface area (Å²) >= 11 is 1.45. The van der Waals surface area contributed by atoms with Gasteiger partial charge >= 0.3 is 0 Å². The Morgan fingerprint density at radius 1 is 1.08 bits per heavy atom. The van der Waals surface area contributed by atoms with Crippen LogP contribution in [0.3, 0.4) is 0 Å². The van der Waals surface area contributed by atoms with Gasteiger partial charge in [0.05, 0.1) is 32.7 Å². The van der Waals surface area contributed by atoms with Crippen LogP contribution in [-0.2, 0) is 0 Å². The van der Waals surface area contributed by atoms with Crippen LogP contribution in [0.1, 0.15) is 23.0 Å². The number of benzene rings is 2. The van der Waals surface area contributed by atoms with Crippen molar-refractivity contribution in [2.75, 3.05) is 0 Å². The molecule has 0 fully saturated rings. The van der Waals surface area contributed by atoms with Gasteiger partial charge in [-0.1, -0.05) is 12.1 Å². The first kappa shape index (κ1) is 16.4. The van der Waals surface area contributed by atoms with Gasteiger partial charge in [0.1, 0.15) is 0 Å². The number of carbonyl (C=O) groups is 1. The second-order valence-corrected chi connectivity index (χ2v) is 6.82. The molecule has 0 spiro atoms. The van der Waals surface area contributed by atoms with Crippen LogP contribution in [-0.4, -0.2) is 20.3 Å². The van der Waals surface area contributed by atoms with Crippen molar-refractivity contribution in [1.82, 2.24) is 14.5 Å². The fraction of sp³-hybridized carbons (Fsp3) is 0.100. The van der Waals surface area contributed by atoms with Crippen molar-refractivity contribution in [1.29, 1.82) is 0 Å². The SMILES string of the molecule is CC(=O)c1ccc(-n2c(-c3scnc3C)nc3ccccc3c2=O)cc1. The van der Waals surface area contributed by atoms with E-state index in [2.05, 4.69) is 4.98 Å². The zero-order valence-electron chi connectivity index (χ0n) is 14.3. The van der Waals surface area contributed by atoms with Crippen LogP contribution in [0.15, 0.2) is 58.8 Å². The summed E-state index contributed by atoms with van der Waals surface area (Å²) in [6.45, 7) is 3.42. The Kier molecular flexibility index (Phi) is 3.97. The average Bonchev–Trinajstić information content (AvgIpc) is 3.07. The summed E-state index contributed by atoms with van der Waals surface area (Å²) in [4.78, 5) is 34.6. The molecular weight excluding hydrogens is 346 g/mol. The van der Waals surface area contributed by atoms with Gasteiger partial charge in [-0.3, -0.25) is 14.2 Å². The molecule has 4 rings (SSSR count). The highest BCUT2D eigenvalue weighted by atomic mass is 32.1. The molecule has 0 saturated carbocycles. The standard InChI is InChI=1S/C20H15N3O2S/c1-12-18(26-11-21-12)19-22-17-6-4-3-5-16(17)20(25)23(19)15-9-7-14(8-10-15)13(2)24/h3-11H,1-2H3. The summed E-state index contributed by atoms with van der Waals surface area (Å²) in [6.07, 6.45) is 0. The summed E-state index contributed by atoms with van der Waals surface area (Å²) in [5, 5.41) is 0.550. The molecule has 4 aromatic rings. The Labute approximate surface area is 153 Å². The summed E-state index contributed by atoms with van der Waals surface area (Å²) in [7, 11) is 0. The molecule has 2 heterocycles. The fourth-order valence-electron chi connectivity index (χ4n) is 2.89. The second-order valence-electron chi connectivity index (χ2n) is 5.96. The lowest BCUT2D eigenvalue weighted by molar-refractivity contribution is 0.101. The third-order valence-electron chi connectivity index (χ3n) is 4.26. The molecule has 0 bridgehead atoms. The van der Waals surface area contributed by atoms with E-state index in [1.165, 1.54) is 18.3 Å². The van der Waals surface area contributed by atoms with Crippen LogP contribution in [0.5, 0.6) is 0 Å². The Morgan fingerprint density at radius 3 is 2.46 bits per heavy atom. The highest BCUT2D eigenvalue weighted by molar-refractivity contribution is 7.13. The molecule has 0 saturated heterocycles. The molecule has 0 aliphatic rings. The second kappa shape index (κ2) is 6.31. The molecule has 6 heteroatoms. The van der Waals surface area contributed by atoms with E-state index < -0.39 is 0 Å². The monoisotopic (exact) mass is 361 g/mol. The molecule has 26 heavy (non-hydrogen) atoms. The lowest BCUT2D eigenvalue weighted by Gasteiger charge is -2.13. The normalized spacial score (nSPS) is 11.0. The van der Waals surface area contributed by atoms with Crippen molar-refractivity contribution in [2.24, 2.45) is 0 Å². The van der Waals surface area contributed by atoms with E-state index >= 15 is 0 Å². The van der Waals surface area contributed by atoms with Gasteiger partial charge in [0.25, 0.3) is 5.56 Å². The van der Waals surface area contributed by atoms with Crippen molar-refractivity contribution in [3.05, 3.63) is 75.7 Å². The lowest BCUT2D eigenvalue weighted by Crippen LogP contribution is -2.22. The largest absolute Gasteiger partial charge is 0.295 e. The molecule has 0 amide bonds. The predicted molar refractivity (Wildman–Crippen MR) is 103 cm³/mol. The van der Waals surface area contributed by atoms with Crippen LogP contribution >= 0.6 is 11.3 Å². The smallest absolute Gasteiger partial charge is 0.266 e. The van der Waals surface area contributed by atoms with Crippen LogP contribution in [0, 0.1) is 6.92 Å². The summed E-state index contributed by atoms with van der Waals surface area (Å²) in [5.74, 6) is 0.545. The first-order valence-electron chi connectivity index (χ1n) is 8.10. The Bertz CT molecular complexity index is 1190. The van der Waals surface area contributed by atoms with E-state index in [0.29, 0.717) is 28.0 Å². The third-order valence-corrected chi connectivity index (χ3v) is 5.18. The molecule has 2 aromatic heterocycles. The topological polar surface area (TPSA) is 64.8 Å². The molecule has 128 valence electrons. The summed E-state index contributed by atoms with van der Waals surface area (Å²) in [6, 6.07) is 14.3. The highest BCUT2D eigenvalue weighted by Gasteiger charge is 2.17. The number of ketones is 1. The van der Waals surface area contributed by atoms with E-state index in [1.807, 2.05) is 25.1 Å². The maximum atomic E-state index is 13.2. The van der Waals surface area contributed by atoms with Crippen LogP contribution < -0.4 is 5.56 Å². The number of aromatic nitrogens is 3. The average molecular weight is 361 g/mol. The van der Waals surface area contributed by atoms with Crippen LogP contribution in [0.2, 0.25) is 0 Å². The molecule has 0 radical (unpaired) electrons. The molecular formula is C20H15N3O2S. The molecule has 0 aliphatic carbocycles. The van der Waals surface area contributed by atoms with Crippen molar-refractivity contribution in [3.8, 4) is 16.4 Å². The van der Waals surface area contributed by atoms with E-state index in [1.54, 1.807) is 40.4 Å². The minimum absolute atomic E-state index is 0.0148. The number of hydrogen-bond acceptors (Lipinski definition) is 5. The first-order chi connectivity index (χ1) is 12.6. The number of rotatable bonds is 3. The lowest BCUT2D eigenvalue weighted by atomic mass is 10.1. The van der Waals surface area contributed by atoms with Gasteiger partial charge in [-0.15, -0.1) is 11.3 Å². The minimum atomic E-state index is -0.144. The number of hydrogen-bond donors (Lipinski definition) is 0. The van der Waals surface area contributed by atoms with Gasteiger partial charge in [0.15, 0.2) is 11.6 Å². The quantitative estimate of drug-likeness (QED) is 0.517. The van der Waals surface area contributed by atoms with Gasteiger partial charge in [-0.2, -0.15) is 0 Å². The highest BCUT2D eigenvalue weighted by Crippen LogP contribution is 2.28. The predicted octanol–water partition coefficient (Wildman–Crippen LogP) is 4.02. The Balaban J connectivity index is 2.06. The molecule has 0 unspecified atom stereocenters. The van der Waals surface area contributed by atoms with Gasteiger partial charge in [0.2, 0.25) is 0 Å². The van der Waals surface area contributed by atoms with Gasteiger partial charge in [0, 0.05) is 5.56 Å². The van der Waals surface area contributed by atoms with Crippen LogP contribution in [0.25, 0.3) is 27.3 Å². The number of aryl methyl sites for hydroxylation is 1. The van der Waals surface area contributed by atoms with Gasteiger partial charge in [-0.25, -0.2) is 9.97 Å². The number of Topliss-reactive ketones (excluding diaryl/α,β-unsaturated/α-hetero) is 1. The maximum Gasteiger partial charge on any atom is 0.266 e. The summed E-state index contributed by atoms with van der Waals surface area (Å²) in [5.41, 5.74) is 4.35. The zero-order valence-corrected chi connectivity index (χ0v) is 15.1. The number of thiazole rings is 1. The molecule has 0 N–H and O–H groups in total. The van der Waals surface area contributed by atoms with E-state index in [-0.39, 0.29) is 11.3 Å². The number of fused-ring (bicyclic) bond motifs is 1. The Morgan fingerprint density at radius 2 is 1.81 bits per heavy atom. The van der Waals surface area contributed by atoms with E-state index in [4.69, 9.17) is 4.98 Å².